The highest BCUT2D eigenvalue weighted by Gasteiger charge is 2.21. The Balaban J connectivity index is 2.55. The van der Waals surface area contributed by atoms with Crippen LogP contribution in [0.4, 0.5) is 0 Å². The Labute approximate surface area is 103 Å². The van der Waals surface area contributed by atoms with Crippen molar-refractivity contribution in [3.63, 3.8) is 0 Å². The van der Waals surface area contributed by atoms with E-state index in [-0.39, 0.29) is 5.92 Å². The maximum atomic E-state index is 11.1. The molecule has 0 aromatic carbocycles. The molecule has 2 aromatic heterocycles. The number of thiazole rings is 1. The molecule has 0 bridgehead atoms. The van der Waals surface area contributed by atoms with Gasteiger partial charge in [-0.25, -0.2) is 9.78 Å². The van der Waals surface area contributed by atoms with Crippen LogP contribution in [-0.4, -0.2) is 16.1 Å². The lowest BCUT2D eigenvalue weighted by Crippen LogP contribution is -2.00. The molecule has 2 heterocycles. The average molecular weight is 251 g/mol. The van der Waals surface area contributed by atoms with Crippen molar-refractivity contribution in [2.45, 2.75) is 26.7 Å². The first kappa shape index (κ1) is 11.9. The molecule has 2 aromatic rings. The van der Waals surface area contributed by atoms with Gasteiger partial charge in [-0.2, -0.15) is 0 Å². The summed E-state index contributed by atoms with van der Waals surface area (Å²) in [6.45, 7) is 5.72. The quantitative estimate of drug-likeness (QED) is 0.906. The molecule has 17 heavy (non-hydrogen) atoms. The van der Waals surface area contributed by atoms with Crippen LogP contribution in [0.1, 0.15) is 40.9 Å². The second kappa shape index (κ2) is 4.33. The number of aromatic carboxylic acids is 1. The minimum atomic E-state index is -0.918. The van der Waals surface area contributed by atoms with Crippen LogP contribution >= 0.6 is 11.3 Å². The van der Waals surface area contributed by atoms with Gasteiger partial charge in [0, 0.05) is 0 Å². The molecule has 0 amide bonds. The van der Waals surface area contributed by atoms with Crippen LogP contribution in [0.15, 0.2) is 16.7 Å². The first-order valence-corrected chi connectivity index (χ1v) is 6.10. The topological polar surface area (TPSA) is 63.3 Å². The first-order chi connectivity index (χ1) is 8.00. The summed E-state index contributed by atoms with van der Waals surface area (Å²) in [4.78, 5) is 15.9. The second-order valence-electron chi connectivity index (χ2n) is 4.08. The van der Waals surface area contributed by atoms with Crippen molar-refractivity contribution in [3.05, 3.63) is 28.7 Å². The lowest BCUT2D eigenvalue weighted by atomic mass is 10.1. The molecule has 0 fully saturated rings. The van der Waals surface area contributed by atoms with E-state index < -0.39 is 5.97 Å². The largest absolute Gasteiger partial charge is 0.477 e. The van der Waals surface area contributed by atoms with Crippen LogP contribution in [0.2, 0.25) is 0 Å². The number of aryl methyl sites for hydroxylation is 1. The monoisotopic (exact) mass is 251 g/mol. The molecule has 0 saturated heterocycles. The zero-order valence-corrected chi connectivity index (χ0v) is 10.7. The molecule has 2 rings (SSSR count). The second-order valence-corrected chi connectivity index (χ2v) is 5.08. The fraction of sp³-hybridized carbons (Fsp3) is 0.333. The molecule has 0 radical (unpaired) electrons. The Kier molecular flexibility index (Phi) is 3.02. The molecule has 0 saturated carbocycles. The fourth-order valence-electron chi connectivity index (χ4n) is 1.60. The van der Waals surface area contributed by atoms with E-state index in [4.69, 9.17) is 9.52 Å². The van der Waals surface area contributed by atoms with Gasteiger partial charge in [-0.3, -0.25) is 0 Å². The number of hydrogen-bond acceptors (Lipinski definition) is 4. The summed E-state index contributed by atoms with van der Waals surface area (Å²) in [7, 11) is 0. The van der Waals surface area contributed by atoms with E-state index in [0.717, 1.165) is 11.3 Å². The molecule has 0 aliphatic rings. The molecule has 0 unspecified atom stereocenters. The Hall–Kier alpha value is -1.62. The standard InChI is InChI=1S/C12H13NO3S/c1-6(2)9-10(12(14)15)17-11(13-9)8-4-5-16-7(8)3/h4-6H,1-3H3,(H,14,15). The smallest absolute Gasteiger partial charge is 0.347 e. The maximum absolute atomic E-state index is 11.1. The zero-order chi connectivity index (χ0) is 12.6. The van der Waals surface area contributed by atoms with Gasteiger partial charge in [0.1, 0.15) is 15.6 Å². The molecule has 0 aliphatic heterocycles. The summed E-state index contributed by atoms with van der Waals surface area (Å²) in [5.41, 5.74) is 1.50. The van der Waals surface area contributed by atoms with Crippen LogP contribution in [0, 0.1) is 6.92 Å². The number of nitrogens with zero attached hydrogens (tertiary/aromatic N) is 1. The number of carboxylic acid groups (broad SMARTS) is 1. The number of carboxylic acids is 1. The van der Waals surface area contributed by atoms with Gasteiger partial charge in [0.05, 0.1) is 17.5 Å². The molecule has 5 heteroatoms. The van der Waals surface area contributed by atoms with Crippen molar-refractivity contribution in [2.24, 2.45) is 0 Å². The van der Waals surface area contributed by atoms with E-state index in [9.17, 15) is 4.79 Å². The van der Waals surface area contributed by atoms with Crippen molar-refractivity contribution < 1.29 is 14.3 Å². The normalized spacial score (nSPS) is 11.1. The number of aromatic nitrogens is 1. The number of furan rings is 1. The van der Waals surface area contributed by atoms with E-state index in [1.807, 2.05) is 26.8 Å². The highest BCUT2D eigenvalue weighted by molar-refractivity contribution is 7.17. The summed E-state index contributed by atoms with van der Waals surface area (Å²) in [5, 5.41) is 9.85. The first-order valence-electron chi connectivity index (χ1n) is 5.29. The number of hydrogen-bond donors (Lipinski definition) is 1. The van der Waals surface area contributed by atoms with Crippen molar-refractivity contribution in [3.8, 4) is 10.6 Å². The molecule has 90 valence electrons. The Bertz CT molecular complexity index is 554. The minimum absolute atomic E-state index is 0.0957. The highest BCUT2D eigenvalue weighted by atomic mass is 32.1. The van der Waals surface area contributed by atoms with Gasteiger partial charge in [0.15, 0.2) is 0 Å². The Morgan fingerprint density at radius 3 is 2.65 bits per heavy atom. The van der Waals surface area contributed by atoms with Crippen LogP contribution in [0.25, 0.3) is 10.6 Å². The van der Waals surface area contributed by atoms with Gasteiger partial charge in [-0.15, -0.1) is 11.3 Å². The molecule has 4 nitrogen and oxygen atoms in total. The molecule has 1 N–H and O–H groups in total. The number of rotatable bonds is 3. The van der Waals surface area contributed by atoms with E-state index in [1.54, 1.807) is 6.26 Å². The van der Waals surface area contributed by atoms with Crippen LogP contribution < -0.4 is 0 Å². The van der Waals surface area contributed by atoms with Crippen LogP contribution in [-0.2, 0) is 0 Å². The molecular formula is C12H13NO3S. The SMILES string of the molecule is Cc1occc1-c1nc(C(C)C)c(C(=O)O)s1. The lowest BCUT2D eigenvalue weighted by Gasteiger charge is -2.00. The molecule has 0 spiro atoms. The van der Waals surface area contributed by atoms with Crippen molar-refractivity contribution >= 4 is 17.3 Å². The third kappa shape index (κ3) is 2.10. The van der Waals surface area contributed by atoms with Gasteiger partial charge in [0.25, 0.3) is 0 Å². The molecule has 0 atom stereocenters. The van der Waals surface area contributed by atoms with Crippen LogP contribution in [0.3, 0.4) is 0 Å². The summed E-state index contributed by atoms with van der Waals surface area (Å²) < 4.78 is 5.21. The summed E-state index contributed by atoms with van der Waals surface area (Å²) in [6, 6.07) is 1.81. The summed E-state index contributed by atoms with van der Waals surface area (Å²) >= 11 is 1.20. The maximum Gasteiger partial charge on any atom is 0.347 e. The Morgan fingerprint density at radius 1 is 1.53 bits per heavy atom. The predicted octanol–water partition coefficient (Wildman–Crippen LogP) is 3.53. The third-order valence-corrected chi connectivity index (χ3v) is 3.58. The van der Waals surface area contributed by atoms with E-state index >= 15 is 0 Å². The zero-order valence-electron chi connectivity index (χ0n) is 9.85. The number of carbonyl (C=O) groups is 1. The van der Waals surface area contributed by atoms with Crippen molar-refractivity contribution in [1.82, 2.24) is 4.98 Å². The van der Waals surface area contributed by atoms with Gasteiger partial charge < -0.3 is 9.52 Å². The fourth-order valence-corrected chi connectivity index (χ4v) is 2.73. The summed E-state index contributed by atoms with van der Waals surface area (Å²) in [5.74, 6) is -0.0668. The molecule has 0 aliphatic carbocycles. The van der Waals surface area contributed by atoms with E-state index in [2.05, 4.69) is 4.98 Å². The van der Waals surface area contributed by atoms with Gasteiger partial charge >= 0.3 is 5.97 Å². The van der Waals surface area contributed by atoms with Gasteiger partial charge in [-0.05, 0) is 18.9 Å². The van der Waals surface area contributed by atoms with E-state index in [0.29, 0.717) is 15.6 Å². The minimum Gasteiger partial charge on any atom is -0.477 e. The van der Waals surface area contributed by atoms with Gasteiger partial charge in [-0.1, -0.05) is 13.8 Å². The lowest BCUT2D eigenvalue weighted by molar-refractivity contribution is 0.0700. The van der Waals surface area contributed by atoms with Crippen molar-refractivity contribution in [2.75, 3.05) is 0 Å². The average Bonchev–Trinajstić information content (AvgIpc) is 2.82. The predicted molar refractivity (Wildman–Crippen MR) is 65.6 cm³/mol. The third-order valence-electron chi connectivity index (χ3n) is 2.48. The van der Waals surface area contributed by atoms with Crippen molar-refractivity contribution in [1.29, 1.82) is 0 Å². The Morgan fingerprint density at radius 2 is 2.24 bits per heavy atom. The summed E-state index contributed by atoms with van der Waals surface area (Å²) in [6.07, 6.45) is 1.58. The van der Waals surface area contributed by atoms with Crippen LogP contribution in [0.5, 0.6) is 0 Å². The molecular weight excluding hydrogens is 238 g/mol. The highest BCUT2D eigenvalue weighted by Crippen LogP contribution is 2.33. The van der Waals surface area contributed by atoms with E-state index in [1.165, 1.54) is 11.3 Å². The van der Waals surface area contributed by atoms with Gasteiger partial charge in [0.2, 0.25) is 0 Å².